The SMILES string of the molecule is [B]N1C(=O)C(Cl)=C(Cl)C1=O. The number of hydrogen-bond donors (Lipinski definition) is 0. The summed E-state index contributed by atoms with van der Waals surface area (Å²) >= 11 is 10.5. The lowest BCUT2D eigenvalue weighted by molar-refractivity contribution is -0.131. The minimum Gasteiger partial charge on any atom is -0.331 e. The first kappa shape index (κ1) is 7.63. The van der Waals surface area contributed by atoms with Crippen LogP contribution in [0.1, 0.15) is 0 Å². The van der Waals surface area contributed by atoms with Crippen molar-refractivity contribution in [1.29, 1.82) is 0 Å². The number of halogens is 2. The van der Waals surface area contributed by atoms with Crippen LogP contribution in [0.4, 0.5) is 0 Å². The van der Waals surface area contributed by atoms with Crippen LogP contribution in [0, 0.1) is 0 Å². The molecule has 1 rings (SSSR count). The van der Waals surface area contributed by atoms with Crippen molar-refractivity contribution >= 4 is 43.0 Å². The van der Waals surface area contributed by atoms with Gasteiger partial charge in [-0.15, -0.1) is 0 Å². The molecule has 1 heterocycles. The maximum Gasteiger partial charge on any atom is 0.260 e. The van der Waals surface area contributed by atoms with E-state index in [1.54, 1.807) is 0 Å². The maximum atomic E-state index is 10.6. The van der Waals surface area contributed by atoms with E-state index < -0.39 is 11.8 Å². The standard InChI is InChI=1S/C4BCl2NO2/c5-8-3(9)1(6)2(7)4(8)10. The van der Waals surface area contributed by atoms with E-state index in [4.69, 9.17) is 31.2 Å². The van der Waals surface area contributed by atoms with Gasteiger partial charge in [-0.25, -0.2) is 0 Å². The molecule has 0 saturated heterocycles. The fourth-order valence-corrected chi connectivity index (χ4v) is 0.835. The smallest absolute Gasteiger partial charge is 0.260 e. The average Bonchev–Trinajstić information content (AvgIpc) is 2.07. The molecule has 0 aromatic rings. The zero-order valence-corrected chi connectivity index (χ0v) is 6.11. The van der Waals surface area contributed by atoms with Crippen LogP contribution >= 0.6 is 23.2 Å². The normalized spacial score (nSPS) is 19.2. The molecule has 0 aromatic heterocycles. The lowest BCUT2D eigenvalue weighted by atomic mass is 10.3. The van der Waals surface area contributed by atoms with Crippen LogP contribution < -0.4 is 0 Å². The van der Waals surface area contributed by atoms with Gasteiger partial charge in [0.05, 0.1) is 0 Å². The van der Waals surface area contributed by atoms with E-state index in [1.165, 1.54) is 0 Å². The molecule has 0 atom stereocenters. The molecule has 0 unspecified atom stereocenters. The predicted octanol–water partition coefficient (Wildman–Crippen LogP) is 0.128. The molecule has 0 N–H and O–H groups in total. The van der Waals surface area contributed by atoms with Gasteiger partial charge in [-0.1, -0.05) is 23.2 Å². The second kappa shape index (κ2) is 2.29. The monoisotopic (exact) mass is 175 g/mol. The van der Waals surface area contributed by atoms with Gasteiger partial charge < -0.3 is 4.81 Å². The first-order valence-electron chi connectivity index (χ1n) is 2.24. The molecule has 0 saturated carbocycles. The summed E-state index contributed by atoms with van der Waals surface area (Å²) < 4.78 is 0. The average molecular weight is 176 g/mol. The summed E-state index contributed by atoms with van der Waals surface area (Å²) in [6.45, 7) is 0. The number of carbonyl (C=O) groups is 2. The van der Waals surface area contributed by atoms with Crippen LogP contribution in [0.5, 0.6) is 0 Å². The Bertz CT molecular complexity index is 226. The van der Waals surface area contributed by atoms with Crippen molar-refractivity contribution in [2.45, 2.75) is 0 Å². The van der Waals surface area contributed by atoms with Crippen LogP contribution in [-0.4, -0.2) is 24.6 Å². The van der Waals surface area contributed by atoms with Crippen molar-refractivity contribution in [2.75, 3.05) is 0 Å². The van der Waals surface area contributed by atoms with E-state index in [1.807, 2.05) is 0 Å². The Balaban J connectivity index is 3.11. The summed E-state index contributed by atoms with van der Waals surface area (Å²) in [5, 5.41) is -0.650. The zero-order chi connectivity index (χ0) is 7.89. The summed E-state index contributed by atoms with van der Waals surface area (Å²) in [6.07, 6.45) is 0. The lowest BCUT2D eigenvalue weighted by Gasteiger charge is -2.03. The second-order valence-electron chi connectivity index (χ2n) is 1.61. The number of carbonyl (C=O) groups excluding carboxylic acids is 2. The minimum atomic E-state index is -0.767. The number of hydrogen-bond acceptors (Lipinski definition) is 2. The number of imide groups is 1. The molecular formula is C4BCl2NO2. The largest absolute Gasteiger partial charge is 0.331 e. The van der Waals surface area contributed by atoms with Crippen LogP contribution in [0.25, 0.3) is 0 Å². The first-order chi connectivity index (χ1) is 4.55. The highest BCUT2D eigenvalue weighted by molar-refractivity contribution is 6.61. The summed E-state index contributed by atoms with van der Waals surface area (Å²) in [7, 11) is 4.93. The van der Waals surface area contributed by atoms with E-state index in [0.717, 1.165) is 0 Å². The Hall–Kier alpha value is -0.475. The highest BCUT2D eigenvalue weighted by Gasteiger charge is 2.32. The summed E-state index contributed by atoms with van der Waals surface area (Å²) in [4.78, 5) is 21.6. The van der Waals surface area contributed by atoms with Crippen LogP contribution in [-0.2, 0) is 9.59 Å². The molecule has 50 valence electrons. The van der Waals surface area contributed by atoms with Gasteiger partial charge >= 0.3 is 0 Å². The summed E-state index contributed by atoms with van der Waals surface area (Å²) in [6, 6.07) is 0. The number of nitrogens with zero attached hydrogens (tertiary/aromatic N) is 1. The Morgan fingerprint density at radius 2 is 1.40 bits per heavy atom. The van der Waals surface area contributed by atoms with Gasteiger partial charge in [0.25, 0.3) is 11.8 Å². The fourth-order valence-electron chi connectivity index (χ4n) is 0.491. The van der Waals surface area contributed by atoms with E-state index in [-0.39, 0.29) is 10.1 Å². The molecule has 2 radical (unpaired) electrons. The lowest BCUT2D eigenvalue weighted by Crippen LogP contribution is -2.27. The Morgan fingerprint density at radius 3 is 1.50 bits per heavy atom. The maximum absolute atomic E-state index is 10.6. The first-order valence-corrected chi connectivity index (χ1v) is 3.00. The van der Waals surface area contributed by atoms with Gasteiger partial charge in [-0.05, 0) is 0 Å². The third kappa shape index (κ3) is 0.840. The van der Waals surface area contributed by atoms with Crippen molar-refractivity contribution in [3.05, 3.63) is 10.1 Å². The highest BCUT2D eigenvalue weighted by Crippen LogP contribution is 2.24. The zero-order valence-electron chi connectivity index (χ0n) is 4.60. The molecule has 1 aliphatic rings. The molecule has 3 nitrogen and oxygen atoms in total. The molecule has 0 aromatic carbocycles. The van der Waals surface area contributed by atoms with Crippen molar-refractivity contribution in [1.82, 2.24) is 4.81 Å². The molecule has 0 spiro atoms. The quantitative estimate of drug-likeness (QED) is 0.388. The number of amides is 2. The Morgan fingerprint density at radius 1 is 1.10 bits per heavy atom. The van der Waals surface area contributed by atoms with Gasteiger partial charge in [0.1, 0.15) is 10.1 Å². The van der Waals surface area contributed by atoms with Gasteiger partial charge in [0.2, 0.25) is 7.98 Å². The van der Waals surface area contributed by atoms with Gasteiger partial charge in [-0.3, -0.25) is 9.59 Å². The van der Waals surface area contributed by atoms with Crippen LogP contribution in [0.2, 0.25) is 0 Å². The fraction of sp³-hybridized carbons (Fsp3) is 0. The molecule has 10 heavy (non-hydrogen) atoms. The molecule has 1 aliphatic heterocycles. The van der Waals surface area contributed by atoms with Crippen molar-refractivity contribution in [3.8, 4) is 0 Å². The summed E-state index contributed by atoms with van der Waals surface area (Å²) in [5.41, 5.74) is 0. The van der Waals surface area contributed by atoms with Crippen LogP contribution in [0.15, 0.2) is 10.1 Å². The van der Waals surface area contributed by atoms with Gasteiger partial charge in [-0.2, -0.15) is 0 Å². The van der Waals surface area contributed by atoms with E-state index in [9.17, 15) is 9.59 Å². The summed E-state index contributed by atoms with van der Waals surface area (Å²) in [5.74, 6) is -1.53. The third-order valence-electron chi connectivity index (χ3n) is 1.01. The minimum absolute atomic E-state index is 0.325. The van der Waals surface area contributed by atoms with Crippen molar-refractivity contribution in [3.63, 3.8) is 0 Å². The molecular weight excluding hydrogens is 176 g/mol. The molecule has 0 bridgehead atoms. The van der Waals surface area contributed by atoms with Crippen molar-refractivity contribution < 1.29 is 9.59 Å². The van der Waals surface area contributed by atoms with E-state index >= 15 is 0 Å². The molecule has 0 fully saturated rings. The highest BCUT2D eigenvalue weighted by atomic mass is 35.5. The van der Waals surface area contributed by atoms with Gasteiger partial charge in [0, 0.05) is 0 Å². The molecule has 2 amide bonds. The Kier molecular flexibility index (Phi) is 1.75. The topological polar surface area (TPSA) is 37.4 Å². The second-order valence-corrected chi connectivity index (χ2v) is 2.36. The molecule has 0 aliphatic carbocycles. The van der Waals surface area contributed by atoms with Crippen molar-refractivity contribution in [2.24, 2.45) is 0 Å². The van der Waals surface area contributed by atoms with E-state index in [0.29, 0.717) is 4.81 Å². The third-order valence-corrected chi connectivity index (χ3v) is 1.80. The van der Waals surface area contributed by atoms with Gasteiger partial charge in [0.15, 0.2) is 0 Å². The number of rotatable bonds is 0. The predicted molar refractivity (Wildman–Crippen MR) is 36.3 cm³/mol. The van der Waals surface area contributed by atoms with E-state index in [2.05, 4.69) is 0 Å². The Labute approximate surface area is 68.0 Å². The molecule has 6 heteroatoms. The van der Waals surface area contributed by atoms with Crippen LogP contribution in [0.3, 0.4) is 0 Å².